The zero-order valence-electron chi connectivity index (χ0n) is 15.2. The van der Waals surface area contributed by atoms with Crippen molar-refractivity contribution >= 4 is 28.4 Å². The average Bonchev–Trinajstić information content (AvgIpc) is 3.34. The molecule has 0 saturated carbocycles. The monoisotopic (exact) mass is 376 g/mol. The fourth-order valence-corrected chi connectivity index (χ4v) is 3.83. The fourth-order valence-electron chi connectivity index (χ4n) is 3.03. The average molecular weight is 376 g/mol. The van der Waals surface area contributed by atoms with E-state index in [2.05, 4.69) is 39.2 Å². The lowest BCUT2D eigenvalue weighted by Crippen LogP contribution is -2.13. The summed E-state index contributed by atoms with van der Waals surface area (Å²) in [6.45, 7) is 4.02. The van der Waals surface area contributed by atoms with Crippen LogP contribution in [0.4, 0.5) is 0 Å². The molecule has 0 aliphatic carbocycles. The van der Waals surface area contributed by atoms with Crippen molar-refractivity contribution in [2.45, 2.75) is 30.7 Å². The molecule has 0 bridgehead atoms. The summed E-state index contributed by atoms with van der Waals surface area (Å²) in [7, 11) is 0. The number of carbonyl (C=O) groups is 1. The molecule has 2 aromatic carbocycles. The second-order valence-corrected chi connectivity index (χ2v) is 7.70. The minimum Gasteiger partial charge on any atom is -0.360 e. The number of aromatic nitrogens is 4. The van der Waals surface area contributed by atoms with Crippen molar-refractivity contribution in [2.75, 3.05) is 0 Å². The number of fused-ring (bicyclic) bond motifs is 1. The van der Waals surface area contributed by atoms with Gasteiger partial charge in [0.15, 0.2) is 11.6 Å². The second kappa shape index (κ2) is 7.40. The fraction of sp³-hybridized carbons (Fsp3) is 0.190. The maximum absolute atomic E-state index is 12.9. The van der Waals surface area contributed by atoms with E-state index in [0.717, 1.165) is 22.9 Å². The number of benzene rings is 2. The summed E-state index contributed by atoms with van der Waals surface area (Å²) in [5.41, 5.74) is 3.94. The number of nitrogens with zero attached hydrogens (tertiary/aromatic N) is 2. The lowest BCUT2D eigenvalue weighted by Gasteiger charge is -2.06. The Hall–Kier alpha value is -2.86. The summed E-state index contributed by atoms with van der Waals surface area (Å²) < 4.78 is 0. The first kappa shape index (κ1) is 17.5. The van der Waals surface area contributed by atoms with Crippen LogP contribution in [0.3, 0.4) is 0 Å². The Labute approximate surface area is 161 Å². The third-order valence-electron chi connectivity index (χ3n) is 4.61. The first-order valence-corrected chi connectivity index (χ1v) is 9.82. The van der Waals surface area contributed by atoms with Crippen LogP contribution in [0.25, 0.3) is 22.3 Å². The highest BCUT2D eigenvalue weighted by molar-refractivity contribution is 8.00. The third-order valence-corrected chi connectivity index (χ3v) is 5.57. The number of carbonyl (C=O) groups excluding carboxylic acids is 1. The predicted molar refractivity (Wildman–Crippen MR) is 109 cm³/mol. The van der Waals surface area contributed by atoms with Crippen molar-refractivity contribution in [3.8, 4) is 11.4 Å². The smallest absolute Gasteiger partial charge is 0.209 e. The quantitative estimate of drug-likeness (QED) is 0.371. The van der Waals surface area contributed by atoms with Gasteiger partial charge in [-0.2, -0.15) is 0 Å². The summed E-state index contributed by atoms with van der Waals surface area (Å²) in [4.78, 5) is 20.6. The van der Waals surface area contributed by atoms with E-state index in [1.165, 1.54) is 17.3 Å². The van der Waals surface area contributed by atoms with Gasteiger partial charge in [-0.05, 0) is 25.0 Å². The first-order chi connectivity index (χ1) is 13.2. The first-order valence-electron chi connectivity index (χ1n) is 8.94. The van der Waals surface area contributed by atoms with Gasteiger partial charge < -0.3 is 4.98 Å². The Morgan fingerprint density at radius 1 is 1.15 bits per heavy atom. The number of thioether (sulfide) groups is 1. The number of para-hydroxylation sites is 1. The molecule has 1 atom stereocenters. The molecule has 2 aromatic heterocycles. The van der Waals surface area contributed by atoms with Crippen molar-refractivity contribution in [3.63, 3.8) is 0 Å². The van der Waals surface area contributed by atoms with E-state index in [1.54, 1.807) is 6.20 Å². The lowest BCUT2D eigenvalue weighted by molar-refractivity contribution is 0.0995. The molecule has 0 amide bonds. The molecule has 27 heavy (non-hydrogen) atoms. The molecule has 0 saturated heterocycles. The van der Waals surface area contributed by atoms with Crippen LogP contribution in [0.5, 0.6) is 0 Å². The highest BCUT2D eigenvalue weighted by Crippen LogP contribution is 2.27. The van der Waals surface area contributed by atoms with Crippen LogP contribution < -0.4 is 0 Å². The number of Topliss-reactive ketones (excluding diaryl/α,β-unsaturated/α-hetero) is 1. The van der Waals surface area contributed by atoms with Crippen molar-refractivity contribution in [2.24, 2.45) is 0 Å². The van der Waals surface area contributed by atoms with E-state index in [9.17, 15) is 4.79 Å². The topological polar surface area (TPSA) is 74.4 Å². The molecule has 0 unspecified atom stereocenters. The zero-order chi connectivity index (χ0) is 18.8. The van der Waals surface area contributed by atoms with E-state index in [4.69, 9.17) is 0 Å². The number of aromatic amines is 2. The van der Waals surface area contributed by atoms with Crippen LogP contribution in [0.15, 0.2) is 59.9 Å². The standard InChI is InChI=1S/C21H20N4OS/c1-3-14-8-10-15(11-9-14)20-23-21(25-24-20)27-13(2)19(26)17-12-22-18-7-5-4-6-16(17)18/h4-13,22H,3H2,1-2H3,(H,23,24,25)/t13-/m0/s1. The summed E-state index contributed by atoms with van der Waals surface area (Å²) >= 11 is 1.36. The molecule has 4 rings (SSSR count). The number of ketones is 1. The molecule has 2 heterocycles. The summed E-state index contributed by atoms with van der Waals surface area (Å²) in [6.07, 6.45) is 2.79. The molecule has 2 N–H and O–H groups in total. The number of hydrogen-bond acceptors (Lipinski definition) is 4. The van der Waals surface area contributed by atoms with Crippen molar-refractivity contribution in [1.29, 1.82) is 0 Å². The largest absolute Gasteiger partial charge is 0.360 e. The molecule has 5 nitrogen and oxygen atoms in total. The summed E-state index contributed by atoms with van der Waals surface area (Å²) in [5, 5.41) is 8.47. The maximum atomic E-state index is 12.9. The Kier molecular flexibility index (Phi) is 4.81. The minimum atomic E-state index is -0.282. The highest BCUT2D eigenvalue weighted by atomic mass is 32.2. The van der Waals surface area contributed by atoms with E-state index < -0.39 is 0 Å². The van der Waals surface area contributed by atoms with Gasteiger partial charge in [0.1, 0.15) is 0 Å². The zero-order valence-corrected chi connectivity index (χ0v) is 16.0. The third kappa shape index (κ3) is 3.53. The van der Waals surface area contributed by atoms with E-state index in [1.807, 2.05) is 43.3 Å². The molecular weight excluding hydrogens is 356 g/mol. The van der Waals surface area contributed by atoms with Gasteiger partial charge in [0, 0.05) is 28.2 Å². The number of nitrogens with one attached hydrogen (secondary N) is 2. The Bertz CT molecular complexity index is 1080. The van der Waals surface area contributed by atoms with Crippen molar-refractivity contribution in [1.82, 2.24) is 20.2 Å². The second-order valence-electron chi connectivity index (χ2n) is 6.39. The predicted octanol–water partition coefficient (Wildman–Crippen LogP) is 4.88. The van der Waals surface area contributed by atoms with Crippen molar-refractivity contribution in [3.05, 3.63) is 65.9 Å². The van der Waals surface area contributed by atoms with Crippen LogP contribution >= 0.6 is 11.8 Å². The van der Waals surface area contributed by atoms with Crippen LogP contribution in [0.1, 0.15) is 29.8 Å². The molecule has 0 radical (unpaired) electrons. The Morgan fingerprint density at radius 3 is 2.70 bits per heavy atom. The minimum absolute atomic E-state index is 0.0658. The number of hydrogen-bond donors (Lipinski definition) is 2. The van der Waals surface area contributed by atoms with E-state index in [0.29, 0.717) is 16.5 Å². The van der Waals surface area contributed by atoms with Crippen LogP contribution in [0, 0.1) is 0 Å². The van der Waals surface area contributed by atoms with Gasteiger partial charge in [-0.15, -0.1) is 5.10 Å². The van der Waals surface area contributed by atoms with Crippen molar-refractivity contribution < 1.29 is 4.79 Å². The molecule has 0 spiro atoms. The number of H-pyrrole nitrogens is 2. The van der Waals surface area contributed by atoms with Gasteiger partial charge in [-0.1, -0.05) is 61.2 Å². The van der Waals surface area contributed by atoms with Gasteiger partial charge in [0.05, 0.1) is 5.25 Å². The molecule has 0 fully saturated rings. The number of aryl methyl sites for hydroxylation is 1. The Morgan fingerprint density at radius 2 is 1.93 bits per heavy atom. The van der Waals surface area contributed by atoms with Crippen LogP contribution in [-0.2, 0) is 6.42 Å². The van der Waals surface area contributed by atoms with Gasteiger partial charge in [0.25, 0.3) is 0 Å². The lowest BCUT2D eigenvalue weighted by atomic mass is 10.1. The highest BCUT2D eigenvalue weighted by Gasteiger charge is 2.21. The normalized spacial score (nSPS) is 12.4. The van der Waals surface area contributed by atoms with Gasteiger partial charge >= 0.3 is 0 Å². The van der Waals surface area contributed by atoms with Gasteiger partial charge in [0.2, 0.25) is 5.16 Å². The SMILES string of the molecule is CCc1ccc(-c2nc(S[C@@H](C)C(=O)c3c[nH]c4ccccc34)n[nH]2)cc1. The van der Waals surface area contributed by atoms with E-state index >= 15 is 0 Å². The maximum Gasteiger partial charge on any atom is 0.209 e. The molecule has 6 heteroatoms. The molecule has 4 aromatic rings. The van der Waals surface area contributed by atoms with E-state index in [-0.39, 0.29) is 11.0 Å². The molecule has 0 aliphatic heterocycles. The number of rotatable bonds is 6. The molecule has 0 aliphatic rings. The summed E-state index contributed by atoms with van der Waals surface area (Å²) in [5.74, 6) is 0.781. The van der Waals surface area contributed by atoms with Gasteiger partial charge in [-0.3, -0.25) is 9.89 Å². The van der Waals surface area contributed by atoms with Crippen LogP contribution in [0.2, 0.25) is 0 Å². The Balaban J connectivity index is 1.50. The van der Waals surface area contributed by atoms with Crippen LogP contribution in [-0.4, -0.2) is 31.2 Å². The molecule has 136 valence electrons. The van der Waals surface area contributed by atoms with Gasteiger partial charge in [-0.25, -0.2) is 4.98 Å². The summed E-state index contributed by atoms with van der Waals surface area (Å²) in [6, 6.07) is 16.1. The molecular formula is C21H20N4OS.